The molecule has 0 aromatic carbocycles. The van der Waals surface area contributed by atoms with Crippen molar-refractivity contribution >= 4 is 23.7 Å². The number of thioether (sulfide) groups is 1. The maximum absolute atomic E-state index is 11.8. The molecule has 0 bridgehead atoms. The molecule has 1 N–H and O–H groups in total. The van der Waals surface area contributed by atoms with E-state index < -0.39 is 11.9 Å². The highest BCUT2D eigenvalue weighted by molar-refractivity contribution is 7.98. The number of nitrogens with zero attached hydrogens (tertiary/aromatic N) is 3. The number of methoxy groups -OCH3 is 1. The molecular weight excluding hydrogens is 434 g/mol. The van der Waals surface area contributed by atoms with E-state index in [1.54, 1.807) is 13.3 Å². The minimum absolute atomic E-state index is 0.0434. The molecule has 10 heteroatoms. The van der Waals surface area contributed by atoms with E-state index in [0.717, 1.165) is 47.5 Å². The average Bonchev–Trinajstić information content (AvgIpc) is 3.24. The summed E-state index contributed by atoms with van der Waals surface area (Å²) in [4.78, 5) is 35.9. The summed E-state index contributed by atoms with van der Waals surface area (Å²) in [5.41, 5.74) is 3.81. The van der Waals surface area contributed by atoms with Gasteiger partial charge in [-0.1, -0.05) is 11.8 Å². The second kappa shape index (κ2) is 11.7. The molecule has 0 saturated carbocycles. The first-order chi connectivity index (χ1) is 15.5. The summed E-state index contributed by atoms with van der Waals surface area (Å²) < 4.78 is 16.3. The smallest absolute Gasteiger partial charge is 0.308 e. The molecule has 0 saturated heterocycles. The summed E-state index contributed by atoms with van der Waals surface area (Å²) >= 11 is 1.48. The fourth-order valence-corrected chi connectivity index (χ4v) is 4.35. The number of ether oxygens (including phenoxy) is 3. The van der Waals surface area contributed by atoms with Crippen molar-refractivity contribution in [2.45, 2.75) is 62.8 Å². The molecule has 0 atom stereocenters. The van der Waals surface area contributed by atoms with Crippen LogP contribution < -0.4 is 9.47 Å². The molecule has 0 fully saturated rings. The lowest BCUT2D eigenvalue weighted by atomic mass is 10.2. The largest absolute Gasteiger partial charge is 0.496 e. The normalized spacial score (nSPS) is 12.3. The molecule has 2 heterocycles. The van der Waals surface area contributed by atoms with Gasteiger partial charge >= 0.3 is 11.9 Å². The first-order valence-corrected chi connectivity index (χ1v) is 11.5. The van der Waals surface area contributed by atoms with Gasteiger partial charge in [-0.15, -0.1) is 0 Å². The number of carboxylic acids is 1. The van der Waals surface area contributed by atoms with E-state index in [9.17, 15) is 9.59 Å². The van der Waals surface area contributed by atoms with Crippen molar-refractivity contribution in [1.82, 2.24) is 15.0 Å². The first-order valence-electron chi connectivity index (χ1n) is 10.5. The van der Waals surface area contributed by atoms with Gasteiger partial charge in [-0.2, -0.15) is 4.98 Å². The van der Waals surface area contributed by atoms with E-state index in [-0.39, 0.29) is 19.6 Å². The number of rotatable bonds is 12. The number of carboxylic acid groups (broad SMARTS) is 1. The van der Waals surface area contributed by atoms with Crippen molar-refractivity contribution in [2.24, 2.45) is 0 Å². The van der Waals surface area contributed by atoms with E-state index in [1.165, 1.54) is 11.8 Å². The third-order valence-electron chi connectivity index (χ3n) is 5.11. The van der Waals surface area contributed by atoms with E-state index in [0.29, 0.717) is 29.6 Å². The van der Waals surface area contributed by atoms with Gasteiger partial charge in [0.15, 0.2) is 5.16 Å². The Kier molecular flexibility index (Phi) is 8.66. The second-order valence-electron chi connectivity index (χ2n) is 7.34. The lowest BCUT2D eigenvalue weighted by molar-refractivity contribution is -0.150. The monoisotopic (exact) mass is 461 g/mol. The third-order valence-corrected chi connectivity index (χ3v) is 5.98. The van der Waals surface area contributed by atoms with Crippen LogP contribution in [0.25, 0.3) is 0 Å². The number of fused-ring (bicyclic) bond motifs is 1. The van der Waals surface area contributed by atoms with Gasteiger partial charge in [0.05, 0.1) is 12.8 Å². The molecule has 0 radical (unpaired) electrons. The summed E-state index contributed by atoms with van der Waals surface area (Å²) in [6.07, 6.45) is 5.49. The highest BCUT2D eigenvalue weighted by Crippen LogP contribution is 2.33. The van der Waals surface area contributed by atoms with Gasteiger partial charge in [-0.05, 0) is 45.1 Å². The van der Waals surface area contributed by atoms with Crippen molar-refractivity contribution in [3.05, 3.63) is 34.8 Å². The van der Waals surface area contributed by atoms with Crippen LogP contribution in [0.1, 0.15) is 54.6 Å². The zero-order chi connectivity index (χ0) is 22.9. The molecular formula is C22H27N3O6S. The van der Waals surface area contributed by atoms with E-state index in [2.05, 4.69) is 15.0 Å². The van der Waals surface area contributed by atoms with Gasteiger partial charge in [0.2, 0.25) is 12.7 Å². The predicted molar refractivity (Wildman–Crippen MR) is 117 cm³/mol. The summed E-state index contributed by atoms with van der Waals surface area (Å²) in [5.74, 6) is 0.535. The number of unbranched alkanes of at least 4 members (excludes halogenated alkanes) is 1. The molecule has 3 rings (SSSR count). The Hall–Kier alpha value is -2.88. The van der Waals surface area contributed by atoms with Crippen molar-refractivity contribution in [2.75, 3.05) is 13.9 Å². The molecule has 172 valence electrons. The number of aliphatic carboxylic acids is 1. The maximum atomic E-state index is 11.8. The summed E-state index contributed by atoms with van der Waals surface area (Å²) in [7, 11) is 1.63. The van der Waals surface area contributed by atoms with Gasteiger partial charge in [-0.25, -0.2) is 4.98 Å². The lowest BCUT2D eigenvalue weighted by Gasteiger charge is -2.13. The quantitative estimate of drug-likeness (QED) is 0.165. The van der Waals surface area contributed by atoms with Crippen LogP contribution in [0.2, 0.25) is 0 Å². The summed E-state index contributed by atoms with van der Waals surface area (Å²) in [6, 6.07) is 1.83. The molecule has 2 aromatic heterocycles. The third kappa shape index (κ3) is 6.56. The average molecular weight is 462 g/mol. The predicted octanol–water partition coefficient (Wildman–Crippen LogP) is 3.49. The Morgan fingerprint density at radius 1 is 1.19 bits per heavy atom. The standard InChI is InChI=1S/C22H27N3O6S/c1-14-16(18(29-2)10-11-23-14)12-32-22-24-17-7-5-6-15(17)21(25-22)31-13-30-20(28)9-4-3-8-19(26)27/h10-11H,3-9,12-13H2,1-2H3,(H,26,27). The Morgan fingerprint density at radius 2 is 2.00 bits per heavy atom. The van der Waals surface area contributed by atoms with E-state index in [4.69, 9.17) is 19.3 Å². The summed E-state index contributed by atoms with van der Waals surface area (Å²) in [6.45, 7) is 1.70. The van der Waals surface area contributed by atoms with Crippen LogP contribution in [0.15, 0.2) is 17.4 Å². The van der Waals surface area contributed by atoms with Gasteiger partial charge in [0.1, 0.15) is 5.75 Å². The number of carbonyl (C=O) groups excluding carboxylic acids is 1. The molecule has 1 aliphatic carbocycles. The molecule has 2 aromatic rings. The van der Waals surface area contributed by atoms with Crippen molar-refractivity contribution in [3.8, 4) is 11.6 Å². The minimum atomic E-state index is -0.870. The van der Waals surface area contributed by atoms with E-state index in [1.807, 2.05) is 13.0 Å². The number of aromatic nitrogens is 3. The Morgan fingerprint density at radius 3 is 2.78 bits per heavy atom. The van der Waals surface area contributed by atoms with Crippen LogP contribution >= 0.6 is 11.8 Å². The Bertz CT molecular complexity index is 969. The van der Waals surface area contributed by atoms with Crippen LogP contribution in [0.5, 0.6) is 11.6 Å². The van der Waals surface area contributed by atoms with Crippen LogP contribution in [-0.2, 0) is 32.9 Å². The van der Waals surface area contributed by atoms with E-state index >= 15 is 0 Å². The van der Waals surface area contributed by atoms with Gasteiger partial charge in [0.25, 0.3) is 0 Å². The molecule has 0 spiro atoms. The number of esters is 1. The lowest BCUT2D eigenvalue weighted by Crippen LogP contribution is -2.12. The first kappa shape index (κ1) is 23.8. The van der Waals surface area contributed by atoms with Crippen LogP contribution in [0, 0.1) is 6.92 Å². The highest BCUT2D eigenvalue weighted by Gasteiger charge is 2.21. The SMILES string of the molecule is COc1ccnc(C)c1CSc1nc2c(c(OCOC(=O)CCCCC(=O)O)n1)CCC2. The number of carbonyl (C=O) groups is 2. The van der Waals surface area contributed by atoms with Gasteiger partial charge in [-0.3, -0.25) is 14.6 Å². The molecule has 0 aliphatic heterocycles. The van der Waals surface area contributed by atoms with Gasteiger partial charge in [0, 0.05) is 41.6 Å². The molecule has 9 nitrogen and oxygen atoms in total. The summed E-state index contributed by atoms with van der Waals surface area (Å²) in [5, 5.41) is 9.22. The molecule has 1 aliphatic rings. The number of aryl methyl sites for hydroxylation is 2. The zero-order valence-electron chi connectivity index (χ0n) is 18.3. The molecule has 0 unspecified atom stereocenters. The number of pyridine rings is 1. The van der Waals surface area contributed by atoms with Crippen molar-refractivity contribution < 1.29 is 28.9 Å². The Balaban J connectivity index is 1.58. The molecule has 0 amide bonds. The molecule has 32 heavy (non-hydrogen) atoms. The fourth-order valence-electron chi connectivity index (χ4n) is 3.41. The zero-order valence-corrected chi connectivity index (χ0v) is 19.1. The fraction of sp³-hybridized carbons (Fsp3) is 0.500. The number of hydrogen-bond donors (Lipinski definition) is 1. The van der Waals surface area contributed by atoms with Crippen LogP contribution in [-0.4, -0.2) is 45.9 Å². The minimum Gasteiger partial charge on any atom is -0.496 e. The van der Waals surface area contributed by atoms with Crippen molar-refractivity contribution in [3.63, 3.8) is 0 Å². The number of hydrogen-bond acceptors (Lipinski definition) is 9. The highest BCUT2D eigenvalue weighted by atomic mass is 32.2. The second-order valence-corrected chi connectivity index (χ2v) is 8.28. The van der Waals surface area contributed by atoms with Gasteiger partial charge < -0.3 is 19.3 Å². The topological polar surface area (TPSA) is 121 Å². The van der Waals surface area contributed by atoms with Crippen LogP contribution in [0.3, 0.4) is 0 Å². The maximum Gasteiger partial charge on any atom is 0.308 e. The van der Waals surface area contributed by atoms with Crippen molar-refractivity contribution in [1.29, 1.82) is 0 Å². The van der Waals surface area contributed by atoms with Crippen LogP contribution in [0.4, 0.5) is 0 Å². The Labute approximate surface area is 190 Å².